The number of aliphatic imine (C=N–C) groups is 1. The van der Waals surface area contributed by atoms with Gasteiger partial charge in [-0.25, -0.2) is 4.99 Å². The Morgan fingerprint density at radius 1 is 1.26 bits per heavy atom. The van der Waals surface area contributed by atoms with E-state index in [1.54, 1.807) is 7.11 Å². The van der Waals surface area contributed by atoms with Gasteiger partial charge < -0.3 is 14.2 Å². The van der Waals surface area contributed by atoms with Crippen LogP contribution in [0.5, 0.6) is 5.75 Å². The van der Waals surface area contributed by atoms with E-state index >= 15 is 0 Å². The van der Waals surface area contributed by atoms with Crippen LogP contribution in [0.15, 0.2) is 29.3 Å². The van der Waals surface area contributed by atoms with Crippen molar-refractivity contribution in [3.8, 4) is 5.75 Å². The third kappa shape index (κ3) is 2.00. The van der Waals surface area contributed by atoms with Gasteiger partial charge in [0.05, 0.1) is 12.6 Å². The highest BCUT2D eigenvalue weighted by Gasteiger charge is 2.61. The lowest BCUT2D eigenvalue weighted by Crippen LogP contribution is -2.21. The molecule has 4 heteroatoms. The van der Waals surface area contributed by atoms with Crippen LogP contribution in [0.2, 0.25) is 0 Å². The lowest BCUT2D eigenvalue weighted by molar-refractivity contribution is 0.251. The number of para-hydroxylation sites is 1. The Morgan fingerprint density at radius 3 is 2.63 bits per heavy atom. The minimum absolute atomic E-state index is 0.0451. The fourth-order valence-electron chi connectivity index (χ4n) is 2.46. The summed E-state index contributed by atoms with van der Waals surface area (Å²) in [6, 6.07) is 7.91. The van der Waals surface area contributed by atoms with Gasteiger partial charge in [-0.15, -0.1) is 0 Å². The van der Waals surface area contributed by atoms with Crippen molar-refractivity contribution >= 4 is 5.90 Å². The van der Waals surface area contributed by atoms with Crippen molar-refractivity contribution in [1.82, 2.24) is 0 Å². The molecule has 2 atom stereocenters. The molecule has 1 fully saturated rings. The van der Waals surface area contributed by atoms with Crippen LogP contribution >= 0.6 is 0 Å². The molecule has 19 heavy (non-hydrogen) atoms. The van der Waals surface area contributed by atoms with Crippen LogP contribution in [-0.4, -0.2) is 30.8 Å². The van der Waals surface area contributed by atoms with Gasteiger partial charge in [-0.3, -0.25) is 0 Å². The zero-order valence-corrected chi connectivity index (χ0v) is 11.8. The van der Waals surface area contributed by atoms with E-state index in [0.29, 0.717) is 12.5 Å². The highest BCUT2D eigenvalue weighted by Crippen LogP contribution is 2.53. The molecule has 1 saturated heterocycles. The maximum Gasteiger partial charge on any atom is 0.220 e. The summed E-state index contributed by atoms with van der Waals surface area (Å²) in [5.41, 5.74) is 0.432. The van der Waals surface area contributed by atoms with Gasteiger partial charge in [0.1, 0.15) is 18.5 Å². The molecule has 102 valence electrons. The van der Waals surface area contributed by atoms with Crippen LogP contribution in [0.4, 0.5) is 0 Å². The first-order valence-corrected chi connectivity index (χ1v) is 6.50. The maximum absolute atomic E-state index is 5.87. The smallest absolute Gasteiger partial charge is 0.220 e. The summed E-state index contributed by atoms with van der Waals surface area (Å²) in [4.78, 5) is 4.61. The first kappa shape index (κ1) is 12.5. The number of rotatable bonds is 3. The molecule has 1 aromatic carbocycles. The van der Waals surface area contributed by atoms with Gasteiger partial charge >= 0.3 is 0 Å². The number of epoxide rings is 1. The summed E-state index contributed by atoms with van der Waals surface area (Å²) >= 11 is 0. The van der Waals surface area contributed by atoms with Crippen molar-refractivity contribution in [3.05, 3.63) is 29.8 Å². The van der Waals surface area contributed by atoms with Gasteiger partial charge in [-0.05, 0) is 26.8 Å². The third-order valence-corrected chi connectivity index (χ3v) is 3.62. The van der Waals surface area contributed by atoms with Crippen molar-refractivity contribution in [3.63, 3.8) is 0 Å². The van der Waals surface area contributed by atoms with Gasteiger partial charge in [-0.2, -0.15) is 0 Å². The van der Waals surface area contributed by atoms with Gasteiger partial charge in [0, 0.05) is 5.56 Å². The second-order valence-electron chi connectivity index (χ2n) is 5.86. The van der Waals surface area contributed by atoms with Crippen LogP contribution in [0.1, 0.15) is 32.4 Å². The number of ether oxygens (including phenoxy) is 3. The monoisotopic (exact) mass is 261 g/mol. The van der Waals surface area contributed by atoms with Gasteiger partial charge in [0.15, 0.2) is 5.60 Å². The van der Waals surface area contributed by atoms with E-state index < -0.39 is 5.60 Å². The summed E-state index contributed by atoms with van der Waals surface area (Å²) in [6.45, 7) is 6.75. The Kier molecular flexibility index (Phi) is 2.61. The predicted octanol–water partition coefficient (Wildman–Crippen LogP) is 2.73. The number of nitrogens with zero attached hydrogens (tertiary/aromatic N) is 1. The molecule has 2 aliphatic rings. The molecule has 0 radical (unpaired) electrons. The van der Waals surface area contributed by atoms with Crippen molar-refractivity contribution in [2.45, 2.75) is 38.0 Å². The van der Waals surface area contributed by atoms with E-state index in [1.165, 1.54) is 0 Å². The number of methoxy groups -OCH3 is 1. The van der Waals surface area contributed by atoms with Crippen molar-refractivity contribution in [2.75, 3.05) is 13.7 Å². The average Bonchev–Trinajstić information content (AvgIpc) is 2.94. The van der Waals surface area contributed by atoms with Gasteiger partial charge in [-0.1, -0.05) is 18.2 Å². The van der Waals surface area contributed by atoms with E-state index in [9.17, 15) is 0 Å². The van der Waals surface area contributed by atoms with E-state index in [-0.39, 0.29) is 11.6 Å². The molecule has 0 N–H and O–H groups in total. The highest BCUT2D eigenvalue weighted by atomic mass is 16.6. The fourth-order valence-corrected chi connectivity index (χ4v) is 2.46. The maximum atomic E-state index is 5.87. The standard InChI is InChI=1S/C15H19NO3/c1-14(2)9-18-13(16-14)15(3)12(19-15)10-7-5-6-8-11(10)17-4/h5-8,12H,9H2,1-4H3/t12-,15+/m0/s1. The van der Waals surface area contributed by atoms with Crippen molar-refractivity contribution in [1.29, 1.82) is 0 Å². The molecule has 4 nitrogen and oxygen atoms in total. The number of hydrogen-bond donors (Lipinski definition) is 0. The van der Waals surface area contributed by atoms with Gasteiger partial charge in [0.25, 0.3) is 0 Å². The highest BCUT2D eigenvalue weighted by molar-refractivity contribution is 5.90. The summed E-state index contributed by atoms with van der Waals surface area (Å²) < 4.78 is 17.0. The number of hydrogen-bond acceptors (Lipinski definition) is 4. The molecule has 0 saturated carbocycles. The molecule has 0 bridgehead atoms. The van der Waals surface area contributed by atoms with Crippen molar-refractivity contribution < 1.29 is 14.2 Å². The molecule has 0 unspecified atom stereocenters. The second kappa shape index (κ2) is 3.97. The zero-order valence-electron chi connectivity index (χ0n) is 11.8. The molecule has 0 aliphatic carbocycles. The molecule has 0 aromatic heterocycles. The van der Waals surface area contributed by atoms with Gasteiger partial charge in [0.2, 0.25) is 5.90 Å². The Bertz CT molecular complexity index is 538. The van der Waals surface area contributed by atoms with E-state index in [1.807, 2.05) is 31.2 Å². The molecule has 2 heterocycles. The second-order valence-corrected chi connectivity index (χ2v) is 5.86. The summed E-state index contributed by atoms with van der Waals surface area (Å²) in [5, 5.41) is 0. The normalized spacial score (nSPS) is 31.6. The van der Waals surface area contributed by atoms with Crippen LogP contribution in [-0.2, 0) is 9.47 Å². The van der Waals surface area contributed by atoms with E-state index in [0.717, 1.165) is 11.3 Å². The first-order chi connectivity index (χ1) is 8.96. The molecule has 1 aromatic rings. The third-order valence-electron chi connectivity index (χ3n) is 3.62. The Labute approximate surface area is 113 Å². The van der Waals surface area contributed by atoms with Crippen LogP contribution in [0.3, 0.4) is 0 Å². The fraction of sp³-hybridized carbons (Fsp3) is 0.533. The van der Waals surface area contributed by atoms with Crippen LogP contribution in [0, 0.1) is 0 Å². The van der Waals surface area contributed by atoms with Crippen LogP contribution < -0.4 is 4.74 Å². The Balaban J connectivity index is 1.88. The Hall–Kier alpha value is -1.55. The molecular formula is C15H19NO3. The first-order valence-electron chi connectivity index (χ1n) is 6.50. The minimum Gasteiger partial charge on any atom is -0.496 e. The van der Waals surface area contributed by atoms with E-state index in [4.69, 9.17) is 14.2 Å². The molecule has 0 spiro atoms. The predicted molar refractivity (Wildman–Crippen MR) is 72.7 cm³/mol. The Morgan fingerprint density at radius 2 is 2.00 bits per heavy atom. The largest absolute Gasteiger partial charge is 0.496 e. The minimum atomic E-state index is -0.456. The summed E-state index contributed by atoms with van der Waals surface area (Å²) in [5.74, 6) is 1.54. The van der Waals surface area contributed by atoms with Crippen molar-refractivity contribution in [2.24, 2.45) is 4.99 Å². The molecule has 3 rings (SSSR count). The topological polar surface area (TPSA) is 43.3 Å². The average molecular weight is 261 g/mol. The molecule has 0 amide bonds. The SMILES string of the molecule is COc1ccccc1[C@@H]1O[C@@]1(C)C1=NC(C)(C)CO1. The summed E-state index contributed by atoms with van der Waals surface area (Å²) in [7, 11) is 1.67. The lowest BCUT2D eigenvalue weighted by Gasteiger charge is -2.08. The quantitative estimate of drug-likeness (QED) is 0.786. The van der Waals surface area contributed by atoms with Crippen LogP contribution in [0.25, 0.3) is 0 Å². The zero-order chi connectivity index (χ0) is 13.7. The molecule has 2 aliphatic heterocycles. The lowest BCUT2D eigenvalue weighted by atomic mass is 10.00. The number of benzene rings is 1. The summed E-state index contributed by atoms with van der Waals surface area (Å²) in [6.07, 6.45) is -0.0451. The van der Waals surface area contributed by atoms with E-state index in [2.05, 4.69) is 18.8 Å². The molecular weight excluding hydrogens is 242 g/mol.